The molecule has 2 rings (SSSR count). The number of amides is 1. The molecule has 0 aliphatic rings. The normalized spacial score (nSPS) is 10.2. The Bertz CT molecular complexity index is 616. The van der Waals surface area contributed by atoms with Crippen LogP contribution in [-0.2, 0) is 4.79 Å². The molecule has 0 saturated carbocycles. The summed E-state index contributed by atoms with van der Waals surface area (Å²) in [6.07, 6.45) is 0. The first-order valence-corrected chi connectivity index (χ1v) is 6.84. The van der Waals surface area contributed by atoms with E-state index < -0.39 is 0 Å². The van der Waals surface area contributed by atoms with Crippen LogP contribution in [0.4, 0.5) is 11.4 Å². The van der Waals surface area contributed by atoms with Crippen molar-refractivity contribution in [2.24, 2.45) is 0 Å². The van der Waals surface area contributed by atoms with Crippen LogP contribution < -0.4 is 11.1 Å². The lowest BCUT2D eigenvalue weighted by molar-refractivity contribution is -0.114. The summed E-state index contributed by atoms with van der Waals surface area (Å²) in [7, 11) is 0. The fourth-order valence-electron chi connectivity index (χ4n) is 1.57. The number of hydrogen-bond donors (Lipinski definition) is 2. The molecule has 1 amide bonds. The smallest absolute Gasteiger partial charge is 0.221 e. The Morgan fingerprint density at radius 2 is 1.95 bits per heavy atom. The number of nitrogen functional groups attached to an aromatic ring is 1. The van der Waals surface area contributed by atoms with Gasteiger partial charge in [-0.25, -0.2) is 0 Å². The molecule has 0 unspecified atom stereocenters. The predicted molar refractivity (Wildman–Crippen MR) is 80.7 cm³/mol. The first-order chi connectivity index (χ1) is 9.04. The van der Waals surface area contributed by atoms with Crippen LogP contribution in [0.5, 0.6) is 0 Å². The average Bonchev–Trinajstić information content (AvgIpc) is 2.32. The van der Waals surface area contributed by atoms with Crippen molar-refractivity contribution >= 4 is 40.6 Å². The molecule has 0 aliphatic heterocycles. The number of carbonyl (C=O) groups excluding carboxylic acids is 1. The van der Waals surface area contributed by atoms with Gasteiger partial charge in [0.25, 0.3) is 0 Å². The molecule has 0 spiro atoms. The van der Waals surface area contributed by atoms with E-state index >= 15 is 0 Å². The summed E-state index contributed by atoms with van der Waals surface area (Å²) < 4.78 is 0. The van der Waals surface area contributed by atoms with Gasteiger partial charge >= 0.3 is 0 Å². The van der Waals surface area contributed by atoms with Crippen molar-refractivity contribution in [2.45, 2.75) is 16.7 Å². The first kappa shape index (κ1) is 13.8. The summed E-state index contributed by atoms with van der Waals surface area (Å²) in [6, 6.07) is 13.1. The molecule has 0 heterocycles. The predicted octanol–water partition coefficient (Wildman–Crippen LogP) is 4.03. The van der Waals surface area contributed by atoms with Crippen molar-refractivity contribution in [1.29, 1.82) is 0 Å². The fourth-order valence-corrected chi connectivity index (χ4v) is 2.76. The molecule has 0 saturated heterocycles. The monoisotopic (exact) mass is 292 g/mol. The van der Waals surface area contributed by atoms with E-state index in [9.17, 15) is 4.79 Å². The van der Waals surface area contributed by atoms with Gasteiger partial charge in [-0.3, -0.25) is 4.79 Å². The molecule has 0 fully saturated rings. The molecule has 0 atom stereocenters. The number of rotatable bonds is 3. The van der Waals surface area contributed by atoms with Crippen molar-refractivity contribution < 1.29 is 4.79 Å². The maximum Gasteiger partial charge on any atom is 0.221 e. The molecule has 98 valence electrons. The second kappa shape index (κ2) is 5.99. The van der Waals surface area contributed by atoms with E-state index in [0.717, 1.165) is 9.79 Å². The Kier molecular flexibility index (Phi) is 4.35. The molecule has 19 heavy (non-hydrogen) atoms. The molecule has 0 radical (unpaired) electrons. The zero-order valence-electron chi connectivity index (χ0n) is 10.3. The highest BCUT2D eigenvalue weighted by Crippen LogP contribution is 2.32. The van der Waals surface area contributed by atoms with Crippen molar-refractivity contribution in [2.75, 3.05) is 11.1 Å². The number of carbonyl (C=O) groups is 1. The molecule has 3 nitrogen and oxygen atoms in total. The lowest BCUT2D eigenvalue weighted by atomic mass is 10.2. The van der Waals surface area contributed by atoms with Gasteiger partial charge in [0.15, 0.2) is 0 Å². The highest BCUT2D eigenvalue weighted by Gasteiger charge is 2.04. The summed E-state index contributed by atoms with van der Waals surface area (Å²) in [5, 5.41) is 3.38. The Morgan fingerprint density at radius 3 is 2.58 bits per heavy atom. The molecular weight excluding hydrogens is 280 g/mol. The van der Waals surface area contributed by atoms with Crippen LogP contribution in [-0.4, -0.2) is 5.91 Å². The van der Waals surface area contributed by atoms with Crippen LogP contribution in [0.2, 0.25) is 5.02 Å². The van der Waals surface area contributed by atoms with Gasteiger partial charge in [0.05, 0.1) is 11.4 Å². The quantitative estimate of drug-likeness (QED) is 0.840. The van der Waals surface area contributed by atoms with E-state index in [0.29, 0.717) is 16.4 Å². The SMILES string of the molecule is CC(=O)Nc1ccc(Sc2cccc(Cl)c2)cc1N. The zero-order valence-corrected chi connectivity index (χ0v) is 11.9. The van der Waals surface area contributed by atoms with Crippen LogP contribution in [0.3, 0.4) is 0 Å². The lowest BCUT2D eigenvalue weighted by Gasteiger charge is -2.08. The van der Waals surface area contributed by atoms with Gasteiger partial charge in [-0.05, 0) is 36.4 Å². The van der Waals surface area contributed by atoms with E-state index in [-0.39, 0.29) is 5.91 Å². The van der Waals surface area contributed by atoms with E-state index in [1.807, 2.05) is 36.4 Å². The number of nitrogens with one attached hydrogen (secondary N) is 1. The van der Waals surface area contributed by atoms with Gasteiger partial charge in [0.1, 0.15) is 0 Å². The van der Waals surface area contributed by atoms with E-state index in [1.54, 1.807) is 17.8 Å². The van der Waals surface area contributed by atoms with Crippen LogP contribution in [0, 0.1) is 0 Å². The largest absolute Gasteiger partial charge is 0.397 e. The fraction of sp³-hybridized carbons (Fsp3) is 0.0714. The Labute approximate surface area is 121 Å². The second-order valence-corrected chi connectivity index (χ2v) is 5.57. The molecule has 2 aromatic rings. The van der Waals surface area contributed by atoms with E-state index in [1.165, 1.54) is 6.92 Å². The van der Waals surface area contributed by atoms with Gasteiger partial charge < -0.3 is 11.1 Å². The lowest BCUT2D eigenvalue weighted by Crippen LogP contribution is -2.07. The second-order valence-electron chi connectivity index (χ2n) is 3.99. The summed E-state index contributed by atoms with van der Waals surface area (Å²) >= 11 is 7.51. The minimum atomic E-state index is -0.137. The minimum Gasteiger partial charge on any atom is -0.397 e. The van der Waals surface area contributed by atoms with Crippen LogP contribution in [0.25, 0.3) is 0 Å². The Balaban J connectivity index is 2.18. The summed E-state index contributed by atoms with van der Waals surface area (Å²) in [5.74, 6) is -0.137. The number of benzene rings is 2. The van der Waals surface area contributed by atoms with Crippen molar-refractivity contribution in [1.82, 2.24) is 0 Å². The molecule has 2 aromatic carbocycles. The highest BCUT2D eigenvalue weighted by molar-refractivity contribution is 7.99. The topological polar surface area (TPSA) is 55.1 Å². The van der Waals surface area contributed by atoms with Crippen LogP contribution in [0.15, 0.2) is 52.3 Å². The number of nitrogens with two attached hydrogens (primary N) is 1. The minimum absolute atomic E-state index is 0.137. The van der Waals surface area contributed by atoms with E-state index in [4.69, 9.17) is 17.3 Å². The zero-order chi connectivity index (χ0) is 13.8. The van der Waals surface area contributed by atoms with Crippen LogP contribution >= 0.6 is 23.4 Å². The third-order valence-electron chi connectivity index (χ3n) is 2.37. The first-order valence-electron chi connectivity index (χ1n) is 5.65. The van der Waals surface area contributed by atoms with Gasteiger partial charge in [-0.1, -0.05) is 29.4 Å². The molecule has 3 N–H and O–H groups in total. The standard InChI is InChI=1S/C14H13ClN2OS/c1-9(18)17-14-6-5-12(8-13(14)16)19-11-4-2-3-10(15)7-11/h2-8H,16H2,1H3,(H,17,18). The third-order valence-corrected chi connectivity index (χ3v) is 3.58. The van der Waals surface area contributed by atoms with Gasteiger partial charge in [-0.15, -0.1) is 0 Å². The van der Waals surface area contributed by atoms with Gasteiger partial charge in [0, 0.05) is 21.7 Å². The number of hydrogen-bond acceptors (Lipinski definition) is 3. The van der Waals surface area contributed by atoms with Gasteiger partial charge in [-0.2, -0.15) is 0 Å². The van der Waals surface area contributed by atoms with E-state index in [2.05, 4.69) is 5.32 Å². The Morgan fingerprint density at radius 1 is 1.21 bits per heavy atom. The molecule has 0 bridgehead atoms. The van der Waals surface area contributed by atoms with Crippen molar-refractivity contribution in [3.63, 3.8) is 0 Å². The highest BCUT2D eigenvalue weighted by atomic mass is 35.5. The van der Waals surface area contributed by atoms with Crippen molar-refractivity contribution in [3.05, 3.63) is 47.5 Å². The Hall–Kier alpha value is -1.65. The van der Waals surface area contributed by atoms with Crippen molar-refractivity contribution in [3.8, 4) is 0 Å². The number of halogens is 1. The average molecular weight is 293 g/mol. The van der Waals surface area contributed by atoms with Crippen LogP contribution in [0.1, 0.15) is 6.92 Å². The summed E-state index contributed by atoms with van der Waals surface area (Å²) in [4.78, 5) is 13.0. The summed E-state index contributed by atoms with van der Waals surface area (Å²) in [5.41, 5.74) is 7.07. The molecule has 0 aliphatic carbocycles. The molecular formula is C14H13ClN2OS. The number of anilines is 2. The maximum absolute atomic E-state index is 11.0. The maximum atomic E-state index is 11.0. The van der Waals surface area contributed by atoms with Gasteiger partial charge in [0.2, 0.25) is 5.91 Å². The molecule has 0 aromatic heterocycles. The third kappa shape index (κ3) is 3.91. The summed E-state index contributed by atoms with van der Waals surface area (Å²) in [6.45, 7) is 1.45. The molecule has 5 heteroatoms.